The summed E-state index contributed by atoms with van der Waals surface area (Å²) in [5.41, 5.74) is 1.17. The third-order valence-corrected chi connectivity index (χ3v) is 4.27. The quantitative estimate of drug-likeness (QED) is 0.846. The number of aromatic nitrogens is 1. The van der Waals surface area contributed by atoms with E-state index in [0.29, 0.717) is 12.6 Å². The van der Waals surface area contributed by atoms with Crippen LogP contribution in [0.1, 0.15) is 24.8 Å². The summed E-state index contributed by atoms with van der Waals surface area (Å²) < 4.78 is 5.97. The van der Waals surface area contributed by atoms with Crippen LogP contribution in [0.5, 0.6) is 0 Å². The number of hydrogen-bond acceptors (Lipinski definition) is 5. The molecule has 0 aliphatic carbocycles. The predicted octanol–water partition coefficient (Wildman–Crippen LogP) is 0.972. The third-order valence-electron chi connectivity index (χ3n) is 4.27. The Morgan fingerprint density at radius 1 is 1.14 bits per heavy atom. The van der Waals surface area contributed by atoms with Crippen LogP contribution in [0.25, 0.3) is 0 Å². The predicted molar refractivity (Wildman–Crippen MR) is 82.9 cm³/mol. The fourth-order valence-corrected chi connectivity index (χ4v) is 3.12. The molecule has 2 aliphatic heterocycles. The standard InChI is InChI=1S/C16H26N4O/c1-2-8-20(9-3-1)12-15-10-18-11-16(19-15)21-13-14-4-6-17-7-5-14/h4-7,15-16,18-19H,1-3,8-13H2. The Hall–Kier alpha value is -1.01. The molecule has 0 spiro atoms. The summed E-state index contributed by atoms with van der Waals surface area (Å²) in [7, 11) is 0. The first-order valence-electron chi connectivity index (χ1n) is 8.10. The van der Waals surface area contributed by atoms with Crippen molar-refractivity contribution in [3.8, 4) is 0 Å². The molecule has 2 fully saturated rings. The summed E-state index contributed by atoms with van der Waals surface area (Å²) in [5.74, 6) is 0. The normalized spacial score (nSPS) is 27.6. The molecule has 2 N–H and O–H groups in total. The number of nitrogens with zero attached hydrogens (tertiary/aromatic N) is 2. The van der Waals surface area contributed by atoms with Gasteiger partial charge >= 0.3 is 0 Å². The van der Waals surface area contributed by atoms with Gasteiger partial charge in [0.25, 0.3) is 0 Å². The molecule has 3 rings (SSSR count). The molecule has 2 unspecified atom stereocenters. The molecule has 1 aromatic rings. The Kier molecular flexibility index (Phi) is 5.57. The number of piperazine rings is 1. The molecule has 3 heterocycles. The van der Waals surface area contributed by atoms with Crippen molar-refractivity contribution in [3.63, 3.8) is 0 Å². The van der Waals surface area contributed by atoms with Crippen LogP contribution in [-0.2, 0) is 11.3 Å². The Morgan fingerprint density at radius 2 is 1.95 bits per heavy atom. The number of piperidine rings is 1. The van der Waals surface area contributed by atoms with Gasteiger partial charge in [-0.3, -0.25) is 10.3 Å². The van der Waals surface area contributed by atoms with Crippen LogP contribution in [0.15, 0.2) is 24.5 Å². The van der Waals surface area contributed by atoms with Gasteiger partial charge in [0.2, 0.25) is 0 Å². The van der Waals surface area contributed by atoms with Gasteiger partial charge in [-0.05, 0) is 43.6 Å². The smallest absolute Gasteiger partial charge is 0.121 e. The van der Waals surface area contributed by atoms with Crippen LogP contribution in [0.3, 0.4) is 0 Å². The van der Waals surface area contributed by atoms with Gasteiger partial charge in [0.1, 0.15) is 6.23 Å². The maximum absolute atomic E-state index is 5.97. The first-order valence-corrected chi connectivity index (χ1v) is 8.10. The second kappa shape index (κ2) is 7.84. The minimum atomic E-state index is 0.0988. The van der Waals surface area contributed by atoms with Crippen LogP contribution in [-0.4, -0.2) is 54.9 Å². The Morgan fingerprint density at radius 3 is 2.76 bits per heavy atom. The Balaban J connectivity index is 1.42. The van der Waals surface area contributed by atoms with Crippen molar-refractivity contribution in [2.45, 2.75) is 38.1 Å². The van der Waals surface area contributed by atoms with Crippen molar-refractivity contribution in [1.29, 1.82) is 0 Å². The molecular weight excluding hydrogens is 264 g/mol. The molecule has 5 nitrogen and oxygen atoms in total. The summed E-state index contributed by atoms with van der Waals surface area (Å²) in [6, 6.07) is 4.49. The number of pyridine rings is 1. The van der Waals surface area contributed by atoms with E-state index < -0.39 is 0 Å². The molecule has 0 radical (unpaired) electrons. The molecule has 2 aliphatic rings. The number of ether oxygens (including phenoxy) is 1. The van der Waals surface area contributed by atoms with Gasteiger partial charge < -0.3 is 15.0 Å². The monoisotopic (exact) mass is 290 g/mol. The van der Waals surface area contributed by atoms with Crippen LogP contribution < -0.4 is 10.6 Å². The molecular formula is C16H26N4O. The topological polar surface area (TPSA) is 49.4 Å². The number of nitrogens with one attached hydrogen (secondary N) is 2. The van der Waals surface area contributed by atoms with E-state index in [4.69, 9.17) is 4.74 Å². The maximum Gasteiger partial charge on any atom is 0.121 e. The molecule has 21 heavy (non-hydrogen) atoms. The van der Waals surface area contributed by atoms with Crippen molar-refractivity contribution in [1.82, 2.24) is 20.5 Å². The van der Waals surface area contributed by atoms with Crippen molar-refractivity contribution in [3.05, 3.63) is 30.1 Å². The summed E-state index contributed by atoms with van der Waals surface area (Å²) in [4.78, 5) is 6.61. The van der Waals surface area contributed by atoms with Gasteiger partial charge in [-0.25, -0.2) is 0 Å². The SMILES string of the molecule is c1cc(COC2CNCC(CN3CCCCC3)N2)ccn1. The van der Waals surface area contributed by atoms with Gasteiger partial charge in [-0.2, -0.15) is 0 Å². The van der Waals surface area contributed by atoms with E-state index in [9.17, 15) is 0 Å². The largest absolute Gasteiger partial charge is 0.357 e. The summed E-state index contributed by atoms with van der Waals surface area (Å²) in [5, 5.41) is 7.11. The van der Waals surface area contributed by atoms with Crippen molar-refractivity contribution >= 4 is 0 Å². The first kappa shape index (κ1) is 14.9. The lowest BCUT2D eigenvalue weighted by molar-refractivity contribution is -0.00628. The van der Waals surface area contributed by atoms with E-state index >= 15 is 0 Å². The summed E-state index contributed by atoms with van der Waals surface area (Å²) >= 11 is 0. The van der Waals surface area contributed by atoms with E-state index in [-0.39, 0.29) is 6.23 Å². The zero-order chi connectivity index (χ0) is 14.3. The molecule has 0 bridgehead atoms. The van der Waals surface area contributed by atoms with E-state index in [1.165, 1.54) is 37.9 Å². The molecule has 2 saturated heterocycles. The van der Waals surface area contributed by atoms with Crippen molar-refractivity contribution in [2.24, 2.45) is 0 Å². The van der Waals surface area contributed by atoms with Crippen LogP contribution in [0.2, 0.25) is 0 Å². The summed E-state index contributed by atoms with van der Waals surface area (Å²) in [6.45, 7) is 6.18. The lowest BCUT2D eigenvalue weighted by Gasteiger charge is -2.36. The summed E-state index contributed by atoms with van der Waals surface area (Å²) in [6.07, 6.45) is 7.81. The van der Waals surface area contributed by atoms with Gasteiger partial charge in [0.15, 0.2) is 0 Å². The van der Waals surface area contributed by atoms with E-state index in [1.807, 2.05) is 24.5 Å². The van der Waals surface area contributed by atoms with E-state index in [0.717, 1.165) is 19.6 Å². The maximum atomic E-state index is 5.97. The van der Waals surface area contributed by atoms with Gasteiger partial charge in [0, 0.05) is 38.1 Å². The highest BCUT2D eigenvalue weighted by Crippen LogP contribution is 2.10. The number of rotatable bonds is 5. The van der Waals surface area contributed by atoms with E-state index in [2.05, 4.69) is 20.5 Å². The number of likely N-dealkylation sites (tertiary alicyclic amines) is 1. The average Bonchev–Trinajstić information content (AvgIpc) is 2.55. The first-order chi connectivity index (χ1) is 10.4. The van der Waals surface area contributed by atoms with E-state index in [1.54, 1.807) is 0 Å². The fourth-order valence-electron chi connectivity index (χ4n) is 3.12. The molecule has 0 amide bonds. The molecule has 1 aromatic heterocycles. The van der Waals surface area contributed by atoms with Crippen LogP contribution >= 0.6 is 0 Å². The lowest BCUT2D eigenvalue weighted by Crippen LogP contribution is -2.59. The minimum absolute atomic E-state index is 0.0988. The second-order valence-electron chi connectivity index (χ2n) is 6.04. The van der Waals surface area contributed by atoms with Gasteiger partial charge in [0.05, 0.1) is 6.61 Å². The highest BCUT2D eigenvalue weighted by molar-refractivity contribution is 5.08. The van der Waals surface area contributed by atoms with Crippen molar-refractivity contribution < 1.29 is 4.74 Å². The molecule has 0 saturated carbocycles. The molecule has 0 aromatic carbocycles. The third kappa shape index (κ3) is 4.74. The molecule has 2 atom stereocenters. The highest BCUT2D eigenvalue weighted by Gasteiger charge is 2.23. The zero-order valence-electron chi connectivity index (χ0n) is 12.6. The number of hydrogen-bond donors (Lipinski definition) is 2. The van der Waals surface area contributed by atoms with Gasteiger partial charge in [-0.1, -0.05) is 6.42 Å². The highest BCUT2D eigenvalue weighted by atomic mass is 16.5. The molecule has 5 heteroatoms. The second-order valence-corrected chi connectivity index (χ2v) is 6.04. The Bertz CT molecular complexity index is 408. The zero-order valence-corrected chi connectivity index (χ0v) is 12.6. The minimum Gasteiger partial charge on any atom is -0.357 e. The molecule has 116 valence electrons. The van der Waals surface area contributed by atoms with Crippen LogP contribution in [0, 0.1) is 0 Å². The fraction of sp³-hybridized carbons (Fsp3) is 0.688. The lowest BCUT2D eigenvalue weighted by atomic mass is 10.1. The van der Waals surface area contributed by atoms with Crippen LogP contribution in [0.4, 0.5) is 0 Å². The van der Waals surface area contributed by atoms with Crippen molar-refractivity contribution in [2.75, 3.05) is 32.7 Å². The van der Waals surface area contributed by atoms with Gasteiger partial charge in [-0.15, -0.1) is 0 Å². The average molecular weight is 290 g/mol. The Labute approximate surface area is 127 Å².